The maximum atomic E-state index is 8.73. The van der Waals surface area contributed by atoms with Crippen LogP contribution in [-0.4, -0.2) is 17.2 Å². The van der Waals surface area contributed by atoms with Crippen molar-refractivity contribution in [3.8, 4) is 0 Å². The Kier molecular flexibility index (Phi) is 2.39. The van der Waals surface area contributed by atoms with E-state index in [1.165, 1.54) is 12.1 Å². The number of benzene rings is 1. The second-order valence-corrected chi connectivity index (χ2v) is 2.56. The molecule has 0 heterocycles. The van der Waals surface area contributed by atoms with Gasteiger partial charge in [-0.2, -0.15) is 0 Å². The number of rotatable bonds is 1. The largest absolute Gasteiger partial charge is 0.489 e. The molecule has 1 aromatic rings. The van der Waals surface area contributed by atoms with E-state index in [1.54, 1.807) is 6.07 Å². The summed E-state index contributed by atoms with van der Waals surface area (Å²) >= 11 is 5.62. The Morgan fingerprint density at radius 3 is 2.45 bits per heavy atom. The number of nitrogen functional groups attached to an aromatic ring is 1. The standard InChI is InChI=1S/C6H7BClNO2/c8-6-3-4(9)1-2-5(6)7(10)11/h1-3,10-11H,9H2. The average molecular weight is 171 g/mol. The minimum Gasteiger partial charge on any atom is -0.423 e. The second-order valence-electron chi connectivity index (χ2n) is 2.15. The summed E-state index contributed by atoms with van der Waals surface area (Å²) in [6.07, 6.45) is 0. The van der Waals surface area contributed by atoms with Crippen LogP contribution in [0.4, 0.5) is 5.69 Å². The van der Waals surface area contributed by atoms with Crippen LogP contribution in [0.25, 0.3) is 0 Å². The van der Waals surface area contributed by atoms with Crippen molar-refractivity contribution in [2.24, 2.45) is 0 Å². The molecule has 3 nitrogen and oxygen atoms in total. The first kappa shape index (κ1) is 8.39. The van der Waals surface area contributed by atoms with Crippen LogP contribution in [0.15, 0.2) is 18.2 Å². The molecule has 11 heavy (non-hydrogen) atoms. The van der Waals surface area contributed by atoms with E-state index >= 15 is 0 Å². The molecule has 0 aliphatic carbocycles. The molecular weight excluding hydrogens is 164 g/mol. The average Bonchev–Trinajstić information content (AvgIpc) is 1.85. The summed E-state index contributed by atoms with van der Waals surface area (Å²) in [5, 5.41) is 17.7. The van der Waals surface area contributed by atoms with Crippen LogP contribution < -0.4 is 11.2 Å². The third-order valence-electron chi connectivity index (χ3n) is 1.30. The molecule has 0 aromatic heterocycles. The summed E-state index contributed by atoms with van der Waals surface area (Å²) in [6, 6.07) is 4.50. The van der Waals surface area contributed by atoms with Gasteiger partial charge in [0, 0.05) is 16.2 Å². The van der Waals surface area contributed by atoms with E-state index in [4.69, 9.17) is 27.4 Å². The van der Waals surface area contributed by atoms with Crippen LogP contribution in [0.1, 0.15) is 0 Å². The zero-order valence-corrected chi connectivity index (χ0v) is 6.42. The number of hydrogen-bond donors (Lipinski definition) is 3. The molecule has 0 fully saturated rings. The van der Waals surface area contributed by atoms with E-state index in [0.29, 0.717) is 5.69 Å². The van der Waals surface area contributed by atoms with Gasteiger partial charge in [0.25, 0.3) is 0 Å². The van der Waals surface area contributed by atoms with Crippen LogP contribution >= 0.6 is 11.6 Å². The highest BCUT2D eigenvalue weighted by Gasteiger charge is 2.14. The van der Waals surface area contributed by atoms with Crippen LogP contribution in [0.5, 0.6) is 0 Å². The first-order valence-electron chi connectivity index (χ1n) is 3.02. The summed E-state index contributed by atoms with van der Waals surface area (Å²) in [7, 11) is -1.54. The van der Waals surface area contributed by atoms with Crippen molar-refractivity contribution in [3.05, 3.63) is 23.2 Å². The molecule has 0 aliphatic rings. The normalized spacial score (nSPS) is 9.73. The first-order valence-corrected chi connectivity index (χ1v) is 3.40. The lowest BCUT2D eigenvalue weighted by molar-refractivity contribution is 0.426. The molecule has 0 unspecified atom stereocenters. The van der Waals surface area contributed by atoms with E-state index in [9.17, 15) is 0 Å². The number of anilines is 1. The fourth-order valence-corrected chi connectivity index (χ4v) is 1.04. The minimum absolute atomic E-state index is 0.264. The van der Waals surface area contributed by atoms with Crippen LogP contribution in [-0.2, 0) is 0 Å². The van der Waals surface area contributed by atoms with Gasteiger partial charge in [-0.1, -0.05) is 17.7 Å². The zero-order chi connectivity index (χ0) is 8.43. The molecule has 0 saturated carbocycles. The number of nitrogens with two attached hydrogens (primary N) is 1. The van der Waals surface area contributed by atoms with Crippen LogP contribution in [0, 0.1) is 0 Å². The van der Waals surface area contributed by atoms with Gasteiger partial charge in [0.1, 0.15) is 0 Å². The topological polar surface area (TPSA) is 66.5 Å². The molecule has 0 atom stereocenters. The molecule has 1 rings (SSSR count). The van der Waals surface area contributed by atoms with Gasteiger partial charge >= 0.3 is 7.12 Å². The van der Waals surface area contributed by atoms with Crippen LogP contribution in [0.2, 0.25) is 5.02 Å². The van der Waals surface area contributed by atoms with Gasteiger partial charge in [-0.3, -0.25) is 0 Å². The predicted molar refractivity (Wildman–Crippen MR) is 45.7 cm³/mol. The maximum absolute atomic E-state index is 8.73. The smallest absolute Gasteiger partial charge is 0.423 e. The molecule has 5 heteroatoms. The highest BCUT2D eigenvalue weighted by molar-refractivity contribution is 6.62. The van der Waals surface area contributed by atoms with Crippen molar-refractivity contribution in [2.75, 3.05) is 5.73 Å². The SMILES string of the molecule is Nc1ccc(B(O)O)c(Cl)c1. The number of halogens is 1. The van der Waals surface area contributed by atoms with E-state index in [1.807, 2.05) is 0 Å². The molecule has 58 valence electrons. The zero-order valence-electron chi connectivity index (χ0n) is 5.66. The fourth-order valence-electron chi connectivity index (χ4n) is 0.753. The lowest BCUT2D eigenvalue weighted by Crippen LogP contribution is -2.30. The van der Waals surface area contributed by atoms with Gasteiger partial charge in [-0.05, 0) is 12.1 Å². The van der Waals surface area contributed by atoms with Gasteiger partial charge in [-0.15, -0.1) is 0 Å². The molecule has 0 radical (unpaired) electrons. The van der Waals surface area contributed by atoms with E-state index in [-0.39, 0.29) is 10.5 Å². The van der Waals surface area contributed by atoms with Gasteiger partial charge < -0.3 is 15.8 Å². The highest BCUT2D eigenvalue weighted by Crippen LogP contribution is 2.09. The summed E-state index contributed by atoms with van der Waals surface area (Å²) in [4.78, 5) is 0. The first-order chi connectivity index (χ1) is 5.11. The van der Waals surface area contributed by atoms with Gasteiger partial charge in [0.05, 0.1) is 0 Å². The number of hydrogen-bond acceptors (Lipinski definition) is 3. The Labute approximate surface area is 69.6 Å². The molecule has 0 bridgehead atoms. The molecule has 1 aromatic carbocycles. The third-order valence-corrected chi connectivity index (χ3v) is 1.63. The van der Waals surface area contributed by atoms with Gasteiger partial charge in [0.2, 0.25) is 0 Å². The van der Waals surface area contributed by atoms with Crippen molar-refractivity contribution >= 4 is 29.9 Å². The molecule has 0 amide bonds. The highest BCUT2D eigenvalue weighted by atomic mass is 35.5. The summed E-state index contributed by atoms with van der Waals surface area (Å²) in [6.45, 7) is 0. The monoisotopic (exact) mass is 171 g/mol. The Morgan fingerprint density at radius 2 is 2.00 bits per heavy atom. The molecule has 0 saturated heterocycles. The molecular formula is C6H7BClNO2. The van der Waals surface area contributed by atoms with Crippen molar-refractivity contribution in [2.45, 2.75) is 0 Å². The van der Waals surface area contributed by atoms with Crippen molar-refractivity contribution in [1.29, 1.82) is 0 Å². The second kappa shape index (κ2) is 3.13. The Bertz CT molecular complexity index is 267. The fraction of sp³-hybridized carbons (Fsp3) is 0. The van der Waals surface area contributed by atoms with Gasteiger partial charge in [-0.25, -0.2) is 0 Å². The van der Waals surface area contributed by atoms with Crippen LogP contribution in [0.3, 0.4) is 0 Å². The Balaban J connectivity index is 3.09. The summed E-state index contributed by atoms with van der Waals surface area (Å²) in [5.74, 6) is 0. The minimum atomic E-state index is -1.54. The molecule has 0 spiro atoms. The van der Waals surface area contributed by atoms with Crippen molar-refractivity contribution < 1.29 is 10.0 Å². The van der Waals surface area contributed by atoms with Crippen molar-refractivity contribution in [3.63, 3.8) is 0 Å². The van der Waals surface area contributed by atoms with Gasteiger partial charge in [0.15, 0.2) is 0 Å². The third kappa shape index (κ3) is 1.86. The summed E-state index contributed by atoms with van der Waals surface area (Å²) in [5.41, 5.74) is 6.14. The molecule has 4 N–H and O–H groups in total. The molecule has 0 aliphatic heterocycles. The lowest BCUT2D eigenvalue weighted by Gasteiger charge is -2.02. The summed E-state index contributed by atoms with van der Waals surface area (Å²) < 4.78 is 0. The Morgan fingerprint density at radius 1 is 1.36 bits per heavy atom. The Hall–Kier alpha value is -0.705. The predicted octanol–water partition coefficient (Wildman–Crippen LogP) is -0.398. The van der Waals surface area contributed by atoms with E-state index < -0.39 is 7.12 Å². The van der Waals surface area contributed by atoms with E-state index in [2.05, 4.69) is 0 Å². The maximum Gasteiger partial charge on any atom is 0.489 e. The lowest BCUT2D eigenvalue weighted by atomic mass is 9.80. The van der Waals surface area contributed by atoms with Crippen molar-refractivity contribution in [1.82, 2.24) is 0 Å². The van der Waals surface area contributed by atoms with E-state index in [0.717, 1.165) is 0 Å². The quantitative estimate of drug-likeness (QED) is 0.398.